The second-order valence-corrected chi connectivity index (χ2v) is 8.43. The molecular formula is C24H15Cl3N2O6. The predicted octanol–water partition coefficient (Wildman–Crippen LogP) is 6.49. The van der Waals surface area contributed by atoms with Gasteiger partial charge in [-0.25, -0.2) is 9.79 Å². The number of nitro benzene ring substituents is 1. The molecule has 3 aromatic carbocycles. The van der Waals surface area contributed by atoms with Crippen LogP contribution in [0.15, 0.2) is 65.3 Å². The van der Waals surface area contributed by atoms with Crippen LogP contribution in [0.25, 0.3) is 6.08 Å². The Balaban J connectivity index is 1.55. The molecule has 0 unspecified atom stereocenters. The SMILES string of the molecule is COc1cc(/C=C2\N=C(c3ccc(Cl)c([N+](=O)[O-])c3)OC2=O)ccc1OCc1ccc(Cl)c(Cl)c1. The van der Waals surface area contributed by atoms with E-state index in [-0.39, 0.29) is 34.5 Å². The molecule has 178 valence electrons. The molecule has 0 saturated heterocycles. The molecule has 3 aromatic rings. The normalized spacial score (nSPS) is 14.0. The minimum atomic E-state index is -0.698. The Kier molecular flexibility index (Phi) is 7.25. The van der Waals surface area contributed by atoms with E-state index in [0.29, 0.717) is 27.1 Å². The molecule has 1 aliphatic rings. The summed E-state index contributed by atoms with van der Waals surface area (Å²) in [6.07, 6.45) is 1.50. The molecule has 11 heteroatoms. The average molecular weight is 534 g/mol. The van der Waals surface area contributed by atoms with Crippen molar-refractivity contribution in [1.29, 1.82) is 0 Å². The van der Waals surface area contributed by atoms with Crippen LogP contribution < -0.4 is 9.47 Å². The second kappa shape index (κ2) is 10.4. The Morgan fingerprint density at radius 2 is 1.77 bits per heavy atom. The summed E-state index contributed by atoms with van der Waals surface area (Å²) in [6.45, 7) is 0.237. The van der Waals surface area contributed by atoms with Crippen molar-refractivity contribution in [1.82, 2.24) is 0 Å². The molecule has 0 radical (unpaired) electrons. The molecule has 35 heavy (non-hydrogen) atoms. The summed E-state index contributed by atoms with van der Waals surface area (Å²) < 4.78 is 16.4. The molecule has 1 heterocycles. The Morgan fingerprint density at radius 1 is 1.00 bits per heavy atom. The Hall–Kier alpha value is -3.59. The number of ether oxygens (including phenoxy) is 3. The lowest BCUT2D eigenvalue weighted by molar-refractivity contribution is -0.384. The minimum absolute atomic E-state index is 0.0177. The second-order valence-electron chi connectivity index (χ2n) is 7.21. The van der Waals surface area contributed by atoms with Gasteiger partial charge in [0, 0.05) is 11.6 Å². The summed E-state index contributed by atoms with van der Waals surface area (Å²) >= 11 is 17.8. The maximum absolute atomic E-state index is 12.3. The van der Waals surface area contributed by atoms with Gasteiger partial charge in [0.05, 0.1) is 22.1 Å². The molecule has 1 aliphatic heterocycles. The third-order valence-electron chi connectivity index (χ3n) is 4.88. The number of esters is 1. The average Bonchev–Trinajstić information content (AvgIpc) is 3.20. The van der Waals surface area contributed by atoms with Gasteiger partial charge in [0.15, 0.2) is 17.2 Å². The van der Waals surface area contributed by atoms with Gasteiger partial charge in [-0.15, -0.1) is 0 Å². The van der Waals surface area contributed by atoms with Crippen LogP contribution >= 0.6 is 34.8 Å². The lowest BCUT2D eigenvalue weighted by Crippen LogP contribution is -2.06. The fourth-order valence-electron chi connectivity index (χ4n) is 3.16. The molecule has 0 saturated carbocycles. The van der Waals surface area contributed by atoms with Crippen molar-refractivity contribution >= 4 is 58.4 Å². The van der Waals surface area contributed by atoms with Crippen molar-refractivity contribution in [2.24, 2.45) is 4.99 Å². The molecule has 0 amide bonds. The third kappa shape index (κ3) is 5.57. The predicted molar refractivity (Wildman–Crippen MR) is 133 cm³/mol. The molecule has 8 nitrogen and oxygen atoms in total. The maximum Gasteiger partial charge on any atom is 0.363 e. The number of carbonyl (C=O) groups excluding carboxylic acids is 1. The summed E-state index contributed by atoms with van der Waals surface area (Å²) in [5, 5.41) is 12.0. The highest BCUT2D eigenvalue weighted by molar-refractivity contribution is 6.42. The third-order valence-corrected chi connectivity index (χ3v) is 5.94. The summed E-state index contributed by atoms with van der Waals surface area (Å²) in [7, 11) is 1.49. The minimum Gasteiger partial charge on any atom is -0.493 e. The number of halogens is 3. The largest absolute Gasteiger partial charge is 0.493 e. The highest BCUT2D eigenvalue weighted by Gasteiger charge is 2.26. The monoisotopic (exact) mass is 532 g/mol. The highest BCUT2D eigenvalue weighted by Crippen LogP contribution is 2.32. The van der Waals surface area contributed by atoms with Gasteiger partial charge in [-0.2, -0.15) is 0 Å². The topological polar surface area (TPSA) is 100 Å². The first kappa shape index (κ1) is 24.5. The van der Waals surface area contributed by atoms with Crippen molar-refractivity contribution in [2.75, 3.05) is 7.11 Å². The molecule has 0 aliphatic carbocycles. The zero-order valence-electron chi connectivity index (χ0n) is 18.0. The number of aliphatic imine (C=N–C) groups is 1. The number of benzene rings is 3. The first-order valence-electron chi connectivity index (χ1n) is 9.97. The lowest BCUT2D eigenvalue weighted by Gasteiger charge is -2.12. The Bertz CT molecular complexity index is 1400. The number of hydrogen-bond acceptors (Lipinski definition) is 7. The van der Waals surface area contributed by atoms with Crippen LogP contribution in [0.3, 0.4) is 0 Å². The van der Waals surface area contributed by atoms with Gasteiger partial charge in [-0.3, -0.25) is 10.1 Å². The van der Waals surface area contributed by atoms with Gasteiger partial charge in [0.25, 0.3) is 5.69 Å². The molecule has 0 atom stereocenters. The first-order chi connectivity index (χ1) is 16.7. The van der Waals surface area contributed by atoms with Crippen LogP contribution in [0.4, 0.5) is 5.69 Å². The first-order valence-corrected chi connectivity index (χ1v) is 11.1. The van der Waals surface area contributed by atoms with Gasteiger partial charge in [0.2, 0.25) is 5.90 Å². The van der Waals surface area contributed by atoms with Crippen LogP contribution in [-0.4, -0.2) is 23.9 Å². The zero-order chi connectivity index (χ0) is 25.1. The Morgan fingerprint density at radius 3 is 2.49 bits per heavy atom. The van der Waals surface area contributed by atoms with Gasteiger partial charge < -0.3 is 14.2 Å². The van der Waals surface area contributed by atoms with Crippen LogP contribution in [-0.2, 0) is 16.1 Å². The number of nitrogens with zero attached hydrogens (tertiary/aromatic N) is 2. The molecule has 0 fully saturated rings. The summed E-state index contributed by atoms with van der Waals surface area (Å²) in [6, 6.07) is 14.3. The fourth-order valence-corrected chi connectivity index (χ4v) is 3.67. The van der Waals surface area contributed by atoms with Gasteiger partial charge >= 0.3 is 5.97 Å². The zero-order valence-corrected chi connectivity index (χ0v) is 20.2. The number of carbonyl (C=O) groups is 1. The summed E-state index contributed by atoms with van der Waals surface area (Å²) in [5.41, 5.74) is 1.38. The molecular weight excluding hydrogens is 519 g/mol. The van der Waals surface area contributed by atoms with E-state index in [2.05, 4.69) is 4.99 Å². The van der Waals surface area contributed by atoms with E-state index in [1.54, 1.807) is 36.4 Å². The van der Waals surface area contributed by atoms with Crippen molar-refractivity contribution in [2.45, 2.75) is 6.61 Å². The molecule has 0 bridgehead atoms. The van der Waals surface area contributed by atoms with E-state index in [9.17, 15) is 14.9 Å². The van der Waals surface area contributed by atoms with Gasteiger partial charge in [0.1, 0.15) is 11.6 Å². The van der Waals surface area contributed by atoms with Gasteiger partial charge in [-0.1, -0.05) is 46.9 Å². The quantitative estimate of drug-likeness (QED) is 0.149. The van der Waals surface area contributed by atoms with Crippen molar-refractivity contribution in [3.63, 3.8) is 0 Å². The molecule has 0 N–H and O–H groups in total. The van der Waals surface area contributed by atoms with E-state index < -0.39 is 10.9 Å². The van der Waals surface area contributed by atoms with Crippen molar-refractivity contribution in [3.05, 3.63) is 102 Å². The van der Waals surface area contributed by atoms with E-state index in [4.69, 9.17) is 49.0 Å². The van der Waals surface area contributed by atoms with E-state index in [1.807, 2.05) is 0 Å². The number of cyclic esters (lactones) is 1. The number of rotatable bonds is 7. The van der Waals surface area contributed by atoms with Crippen LogP contribution in [0.5, 0.6) is 11.5 Å². The number of hydrogen-bond donors (Lipinski definition) is 0. The number of methoxy groups -OCH3 is 1. The van der Waals surface area contributed by atoms with Gasteiger partial charge in [-0.05, 0) is 53.6 Å². The van der Waals surface area contributed by atoms with Crippen LogP contribution in [0.1, 0.15) is 16.7 Å². The maximum atomic E-state index is 12.3. The fraction of sp³-hybridized carbons (Fsp3) is 0.0833. The smallest absolute Gasteiger partial charge is 0.363 e. The standard InChI is InChI=1S/C24H15Cl3N2O6/c1-33-22-10-13(3-7-21(22)34-12-14-2-5-16(25)18(27)8-14)9-19-24(30)35-23(28-19)15-4-6-17(26)20(11-15)29(31)32/h2-11H,12H2,1H3/b19-9-. The molecule has 0 aromatic heterocycles. The number of nitro groups is 1. The van der Waals surface area contributed by atoms with Crippen molar-refractivity contribution < 1.29 is 23.9 Å². The molecule has 4 rings (SSSR count). The van der Waals surface area contributed by atoms with E-state index in [1.165, 1.54) is 31.4 Å². The van der Waals surface area contributed by atoms with E-state index in [0.717, 1.165) is 5.56 Å². The van der Waals surface area contributed by atoms with Crippen LogP contribution in [0, 0.1) is 10.1 Å². The van der Waals surface area contributed by atoms with E-state index >= 15 is 0 Å². The van der Waals surface area contributed by atoms with Crippen LogP contribution in [0.2, 0.25) is 15.1 Å². The summed E-state index contributed by atoms with van der Waals surface area (Å²) in [5.74, 6) is 0.154. The van der Waals surface area contributed by atoms with Crippen molar-refractivity contribution in [3.8, 4) is 11.5 Å². The lowest BCUT2D eigenvalue weighted by atomic mass is 10.1. The highest BCUT2D eigenvalue weighted by atomic mass is 35.5. The Labute approximate surface area is 214 Å². The molecule has 0 spiro atoms. The summed E-state index contributed by atoms with van der Waals surface area (Å²) in [4.78, 5) is 27.0.